The summed E-state index contributed by atoms with van der Waals surface area (Å²) in [5.41, 5.74) is 0. The molecule has 0 amide bonds. The summed E-state index contributed by atoms with van der Waals surface area (Å²) in [5, 5.41) is 0. The zero-order valence-corrected chi connectivity index (χ0v) is 12.9. The SMILES string of the molecule is CC(=O)CC(C)=O.CC(=O)CC(C)=O.[OH][Ti]([OH])([OH])[OH]. The summed E-state index contributed by atoms with van der Waals surface area (Å²) < 4.78 is 29.5. The van der Waals surface area contributed by atoms with E-state index < -0.39 is 18.1 Å². The van der Waals surface area contributed by atoms with Crippen molar-refractivity contribution in [2.75, 3.05) is 0 Å². The molecule has 4 N–H and O–H groups in total. The molecular weight excluding hydrogens is 296 g/mol. The quantitative estimate of drug-likeness (QED) is 0.376. The van der Waals surface area contributed by atoms with E-state index in [4.69, 9.17) is 14.8 Å². The van der Waals surface area contributed by atoms with Crippen LogP contribution in [0.1, 0.15) is 40.5 Å². The van der Waals surface area contributed by atoms with E-state index in [9.17, 15) is 19.2 Å². The second kappa shape index (κ2) is 12.3. The molecule has 8 nitrogen and oxygen atoms in total. The minimum absolute atomic E-state index is 0.0625. The van der Waals surface area contributed by atoms with Gasteiger partial charge in [0, 0.05) is 0 Å². The van der Waals surface area contributed by atoms with E-state index >= 15 is 0 Å². The van der Waals surface area contributed by atoms with Crippen LogP contribution in [0.5, 0.6) is 0 Å². The fourth-order valence-corrected chi connectivity index (χ4v) is 0.701. The summed E-state index contributed by atoms with van der Waals surface area (Å²) in [6.45, 7) is 5.62. The molecule has 9 heteroatoms. The van der Waals surface area contributed by atoms with Crippen molar-refractivity contribution in [3.63, 3.8) is 0 Å². The zero-order chi connectivity index (χ0) is 16.2. The Morgan fingerprint density at radius 1 is 0.632 bits per heavy atom. The van der Waals surface area contributed by atoms with Crippen LogP contribution in [0.4, 0.5) is 0 Å². The number of carbonyl (C=O) groups is 4. The van der Waals surface area contributed by atoms with Gasteiger partial charge in [0.05, 0.1) is 12.8 Å². The average molecular weight is 316 g/mol. The van der Waals surface area contributed by atoms with Crippen LogP contribution in [0.3, 0.4) is 0 Å². The molecule has 0 bridgehead atoms. The first-order valence-corrected chi connectivity index (χ1v) is 7.92. The maximum atomic E-state index is 10.0. The molecule has 112 valence electrons. The number of carbonyl (C=O) groups excluding carboxylic acids is 4. The third-order valence-electron chi connectivity index (χ3n) is 0.996. The normalized spacial score (nSPS) is 9.26. The number of ketones is 4. The number of hydrogen-bond donors (Lipinski definition) is 4. The van der Waals surface area contributed by atoms with Crippen LogP contribution in [0.2, 0.25) is 0 Å². The first-order valence-electron chi connectivity index (χ1n) is 5.13. The first-order chi connectivity index (χ1) is 8.25. The molecule has 19 heavy (non-hydrogen) atoms. The van der Waals surface area contributed by atoms with Gasteiger partial charge >= 0.3 is 32.9 Å². The van der Waals surface area contributed by atoms with Gasteiger partial charge in [-0.3, -0.25) is 19.2 Å². The van der Waals surface area contributed by atoms with E-state index in [1.807, 2.05) is 0 Å². The van der Waals surface area contributed by atoms with Gasteiger partial charge in [-0.05, 0) is 27.7 Å². The van der Waals surface area contributed by atoms with Gasteiger partial charge in [0.15, 0.2) is 0 Å². The van der Waals surface area contributed by atoms with Gasteiger partial charge in [0.1, 0.15) is 23.1 Å². The topological polar surface area (TPSA) is 149 Å². The Morgan fingerprint density at radius 2 is 0.737 bits per heavy atom. The van der Waals surface area contributed by atoms with E-state index in [0.717, 1.165) is 0 Å². The van der Waals surface area contributed by atoms with Crippen LogP contribution in [0.25, 0.3) is 0 Å². The number of hydrogen-bond acceptors (Lipinski definition) is 8. The Balaban J connectivity index is -0.000000206. The van der Waals surface area contributed by atoms with Gasteiger partial charge in [-0.2, -0.15) is 0 Å². The zero-order valence-electron chi connectivity index (χ0n) is 11.3. The van der Waals surface area contributed by atoms with Crippen molar-refractivity contribution in [1.29, 1.82) is 0 Å². The van der Waals surface area contributed by atoms with E-state index in [-0.39, 0.29) is 36.0 Å². The molecule has 0 atom stereocenters. The summed E-state index contributed by atoms with van der Waals surface area (Å²) in [4.78, 5) is 40.1. The third kappa shape index (κ3) is 76.4. The standard InChI is InChI=1S/2C5H8O2.4H2O.Ti/c2*1-4(6)3-5(2)7;;;;;/h2*3H2,1-2H3;4*1H2;/q;;;;;;+4/p-4. The predicted molar refractivity (Wildman–Crippen MR) is 60.8 cm³/mol. The van der Waals surface area contributed by atoms with Crippen molar-refractivity contribution in [3.8, 4) is 0 Å². The number of Topliss-reactive ketones (excluding diaryl/α,β-unsaturated/α-hetero) is 4. The van der Waals surface area contributed by atoms with Crippen molar-refractivity contribution in [2.24, 2.45) is 0 Å². The molecule has 0 aromatic carbocycles. The van der Waals surface area contributed by atoms with E-state index in [0.29, 0.717) is 0 Å². The van der Waals surface area contributed by atoms with E-state index in [1.54, 1.807) is 0 Å². The molecule has 0 fully saturated rings. The average Bonchev–Trinajstić information content (AvgIpc) is 1.93. The third-order valence-corrected chi connectivity index (χ3v) is 0.996. The van der Waals surface area contributed by atoms with Gasteiger partial charge in [-0.15, -0.1) is 0 Å². The number of rotatable bonds is 4. The van der Waals surface area contributed by atoms with Gasteiger partial charge < -0.3 is 0 Å². The molecule has 0 rings (SSSR count). The van der Waals surface area contributed by atoms with Gasteiger partial charge in [0.25, 0.3) is 0 Å². The summed E-state index contributed by atoms with van der Waals surface area (Å²) in [5.74, 6) is -0.250. The van der Waals surface area contributed by atoms with Crippen LogP contribution in [-0.2, 0) is 37.3 Å². The van der Waals surface area contributed by atoms with Crippen LogP contribution >= 0.6 is 0 Å². The summed E-state index contributed by atoms with van der Waals surface area (Å²) in [7, 11) is 0. The molecule has 0 unspecified atom stereocenters. The monoisotopic (exact) mass is 316 g/mol. The fraction of sp³-hybridized carbons (Fsp3) is 0.600. The Morgan fingerprint density at radius 3 is 0.737 bits per heavy atom. The molecule has 0 aliphatic heterocycles. The Hall–Kier alpha value is -0.766. The van der Waals surface area contributed by atoms with Crippen molar-refractivity contribution in [1.82, 2.24) is 0 Å². The van der Waals surface area contributed by atoms with Crippen molar-refractivity contribution in [2.45, 2.75) is 40.5 Å². The van der Waals surface area contributed by atoms with Gasteiger partial charge in [-0.1, -0.05) is 0 Å². The molecule has 0 aromatic heterocycles. The molecule has 0 spiro atoms. The second-order valence-corrected chi connectivity index (χ2v) is 5.64. The van der Waals surface area contributed by atoms with Gasteiger partial charge in [0.2, 0.25) is 0 Å². The molecule has 0 heterocycles. The first kappa shape index (κ1) is 23.3. The molecule has 0 aliphatic rings. The van der Waals surface area contributed by atoms with Crippen molar-refractivity contribution >= 4 is 23.1 Å². The summed E-state index contributed by atoms with van der Waals surface area (Å²) in [6, 6.07) is 0. The van der Waals surface area contributed by atoms with E-state index in [2.05, 4.69) is 0 Å². The van der Waals surface area contributed by atoms with Crippen molar-refractivity contribution < 1.29 is 52.1 Å². The van der Waals surface area contributed by atoms with Gasteiger partial charge in [-0.25, -0.2) is 0 Å². The van der Waals surface area contributed by atoms with Crippen molar-refractivity contribution in [3.05, 3.63) is 0 Å². The predicted octanol–water partition coefficient (Wildman–Crippen LogP) is -1.12. The molecule has 0 saturated heterocycles. The molecular formula is C10H20O8Ti. The fourth-order valence-electron chi connectivity index (χ4n) is 0.701. The Bertz CT molecular complexity index is 262. The molecule has 0 saturated carbocycles. The molecule has 0 aromatic rings. The minimum atomic E-state index is -5.00. The Labute approximate surface area is 116 Å². The second-order valence-electron chi connectivity index (χ2n) is 3.76. The van der Waals surface area contributed by atoms with Crippen LogP contribution < -0.4 is 0 Å². The van der Waals surface area contributed by atoms with Crippen LogP contribution in [0, 0.1) is 0 Å². The molecule has 0 aliphatic carbocycles. The van der Waals surface area contributed by atoms with Crippen LogP contribution in [-0.4, -0.2) is 37.9 Å². The van der Waals surface area contributed by atoms with E-state index in [1.165, 1.54) is 27.7 Å². The summed E-state index contributed by atoms with van der Waals surface area (Å²) >= 11 is -5.00. The Kier molecular flexibility index (Phi) is 15.1. The summed E-state index contributed by atoms with van der Waals surface area (Å²) in [6.07, 6.45) is 0.167. The maximum absolute atomic E-state index is 10.0. The molecule has 0 radical (unpaired) electrons. The van der Waals surface area contributed by atoms with Crippen LogP contribution in [0.15, 0.2) is 0 Å².